The van der Waals surface area contributed by atoms with Crippen molar-refractivity contribution in [1.82, 2.24) is 4.98 Å². The molecule has 19 heavy (non-hydrogen) atoms. The van der Waals surface area contributed by atoms with Gasteiger partial charge in [-0.15, -0.1) is 11.3 Å². The average Bonchev–Trinajstić information content (AvgIpc) is 2.83. The van der Waals surface area contributed by atoms with Gasteiger partial charge < -0.3 is 15.8 Å². The summed E-state index contributed by atoms with van der Waals surface area (Å²) in [4.78, 5) is 16.8. The van der Waals surface area contributed by atoms with E-state index in [0.717, 1.165) is 15.6 Å². The molecule has 0 amide bonds. The van der Waals surface area contributed by atoms with Crippen LogP contribution in [0.15, 0.2) is 24.4 Å². The van der Waals surface area contributed by atoms with Crippen LogP contribution in [0, 0.1) is 6.92 Å². The number of nitrogens with two attached hydrogens (primary N) is 1. The first-order valence-corrected chi connectivity index (χ1v) is 6.55. The molecule has 0 saturated heterocycles. The van der Waals surface area contributed by atoms with Crippen LogP contribution in [0.5, 0.6) is 0 Å². The number of ether oxygens (including phenoxy) is 1. The number of anilines is 2. The summed E-state index contributed by atoms with van der Waals surface area (Å²) in [6.45, 7) is 2.63. The van der Waals surface area contributed by atoms with Crippen molar-refractivity contribution in [2.45, 2.75) is 13.5 Å². The van der Waals surface area contributed by atoms with Gasteiger partial charge in [0.2, 0.25) is 0 Å². The van der Waals surface area contributed by atoms with E-state index in [4.69, 9.17) is 5.73 Å². The van der Waals surface area contributed by atoms with Crippen LogP contribution in [0.2, 0.25) is 0 Å². The number of esters is 1. The molecule has 0 aliphatic heterocycles. The van der Waals surface area contributed by atoms with E-state index in [2.05, 4.69) is 15.0 Å². The van der Waals surface area contributed by atoms with Crippen LogP contribution >= 0.6 is 11.3 Å². The summed E-state index contributed by atoms with van der Waals surface area (Å²) in [5.74, 6) is -0.435. The number of nitrogens with zero attached hydrogens (tertiary/aromatic N) is 1. The normalized spacial score (nSPS) is 10.2. The van der Waals surface area contributed by atoms with E-state index in [1.807, 2.05) is 19.2 Å². The second kappa shape index (κ2) is 5.71. The van der Waals surface area contributed by atoms with Gasteiger partial charge >= 0.3 is 5.97 Å². The zero-order chi connectivity index (χ0) is 13.8. The van der Waals surface area contributed by atoms with Crippen molar-refractivity contribution in [3.8, 4) is 0 Å². The lowest BCUT2D eigenvalue weighted by molar-refractivity contribution is 0.0602. The van der Waals surface area contributed by atoms with Crippen LogP contribution < -0.4 is 11.1 Å². The number of thiazole rings is 1. The molecule has 1 aromatic heterocycles. The summed E-state index contributed by atoms with van der Waals surface area (Å²) in [7, 11) is 1.34. The molecule has 0 bridgehead atoms. The van der Waals surface area contributed by atoms with Gasteiger partial charge in [0.05, 0.1) is 24.2 Å². The third-order valence-corrected chi connectivity index (χ3v) is 3.51. The molecule has 5 nitrogen and oxygen atoms in total. The zero-order valence-corrected chi connectivity index (χ0v) is 11.6. The van der Waals surface area contributed by atoms with E-state index in [9.17, 15) is 4.79 Å². The van der Waals surface area contributed by atoms with E-state index in [-0.39, 0.29) is 0 Å². The smallest absolute Gasteiger partial charge is 0.340 e. The molecule has 2 aromatic rings. The third-order valence-electron chi connectivity index (χ3n) is 2.59. The molecular weight excluding hydrogens is 262 g/mol. The molecule has 3 N–H and O–H groups in total. The van der Waals surface area contributed by atoms with Crippen LogP contribution in [0.1, 0.15) is 20.2 Å². The highest BCUT2D eigenvalue weighted by atomic mass is 32.1. The second-order valence-electron chi connectivity index (χ2n) is 3.99. The van der Waals surface area contributed by atoms with Gasteiger partial charge in [0, 0.05) is 22.4 Å². The van der Waals surface area contributed by atoms with Gasteiger partial charge in [-0.3, -0.25) is 0 Å². The number of hydrogen-bond donors (Lipinski definition) is 2. The summed E-state index contributed by atoms with van der Waals surface area (Å²) in [6.07, 6.45) is 1.84. The fourth-order valence-corrected chi connectivity index (χ4v) is 2.36. The lowest BCUT2D eigenvalue weighted by Gasteiger charge is -2.08. The van der Waals surface area contributed by atoms with Crippen molar-refractivity contribution in [1.29, 1.82) is 0 Å². The number of carbonyl (C=O) groups excluding carboxylic acids is 1. The molecule has 6 heteroatoms. The van der Waals surface area contributed by atoms with Crippen molar-refractivity contribution in [2.24, 2.45) is 0 Å². The Kier molecular flexibility index (Phi) is 4.01. The molecule has 0 spiro atoms. The second-order valence-corrected chi connectivity index (χ2v) is 5.31. The SMILES string of the molecule is COC(=O)c1cc(NCc2cnc(C)s2)ccc1N. The number of nitrogen functional groups attached to an aromatic ring is 1. The van der Waals surface area contributed by atoms with E-state index in [1.54, 1.807) is 23.5 Å². The number of aromatic nitrogens is 1. The van der Waals surface area contributed by atoms with E-state index in [0.29, 0.717) is 17.8 Å². The number of carbonyl (C=O) groups is 1. The Balaban J connectivity index is 2.10. The number of aryl methyl sites for hydroxylation is 1. The van der Waals surface area contributed by atoms with Gasteiger partial charge in [-0.25, -0.2) is 9.78 Å². The Morgan fingerprint density at radius 1 is 1.53 bits per heavy atom. The number of rotatable bonds is 4. The summed E-state index contributed by atoms with van der Waals surface area (Å²) in [5.41, 5.74) is 7.34. The Morgan fingerprint density at radius 3 is 2.95 bits per heavy atom. The summed E-state index contributed by atoms with van der Waals surface area (Å²) in [5, 5.41) is 4.26. The third kappa shape index (κ3) is 3.23. The van der Waals surface area contributed by atoms with Gasteiger partial charge in [-0.1, -0.05) is 0 Å². The molecular formula is C13H15N3O2S. The van der Waals surface area contributed by atoms with Crippen molar-refractivity contribution in [3.05, 3.63) is 39.8 Å². The van der Waals surface area contributed by atoms with E-state index >= 15 is 0 Å². The van der Waals surface area contributed by atoms with Gasteiger partial charge in [0.15, 0.2) is 0 Å². The average molecular weight is 277 g/mol. The molecule has 0 atom stereocenters. The molecule has 1 aromatic carbocycles. The Labute approximate surface area is 115 Å². The zero-order valence-electron chi connectivity index (χ0n) is 10.8. The molecule has 0 radical (unpaired) electrons. The number of methoxy groups -OCH3 is 1. The van der Waals surface area contributed by atoms with Crippen LogP contribution in [0.4, 0.5) is 11.4 Å². The highest BCUT2D eigenvalue weighted by molar-refractivity contribution is 7.11. The molecule has 2 rings (SSSR count). The Morgan fingerprint density at radius 2 is 2.32 bits per heavy atom. The minimum absolute atomic E-state index is 0.369. The standard InChI is InChI=1S/C13H15N3O2S/c1-8-15-6-10(19-8)7-16-9-3-4-12(14)11(5-9)13(17)18-2/h3-6,16H,7,14H2,1-2H3. The number of hydrogen-bond acceptors (Lipinski definition) is 6. The highest BCUT2D eigenvalue weighted by Crippen LogP contribution is 2.20. The minimum Gasteiger partial charge on any atom is -0.465 e. The van der Waals surface area contributed by atoms with Crippen LogP contribution in [0.25, 0.3) is 0 Å². The van der Waals surface area contributed by atoms with Crippen LogP contribution in [-0.4, -0.2) is 18.1 Å². The molecule has 0 saturated carbocycles. The molecule has 0 aliphatic rings. The van der Waals surface area contributed by atoms with Gasteiger partial charge in [0.25, 0.3) is 0 Å². The maximum atomic E-state index is 11.5. The molecule has 0 fully saturated rings. The van der Waals surface area contributed by atoms with Crippen molar-refractivity contribution >= 4 is 28.7 Å². The van der Waals surface area contributed by atoms with Gasteiger partial charge in [-0.05, 0) is 25.1 Å². The lowest BCUT2D eigenvalue weighted by Crippen LogP contribution is -2.07. The fourth-order valence-electron chi connectivity index (χ4n) is 1.63. The molecule has 0 aliphatic carbocycles. The van der Waals surface area contributed by atoms with E-state index in [1.165, 1.54) is 7.11 Å². The topological polar surface area (TPSA) is 77.2 Å². The van der Waals surface area contributed by atoms with Gasteiger partial charge in [-0.2, -0.15) is 0 Å². The first kappa shape index (κ1) is 13.4. The quantitative estimate of drug-likeness (QED) is 0.663. The molecule has 100 valence electrons. The van der Waals surface area contributed by atoms with Gasteiger partial charge in [0.1, 0.15) is 0 Å². The lowest BCUT2D eigenvalue weighted by atomic mass is 10.1. The Hall–Kier alpha value is -2.08. The highest BCUT2D eigenvalue weighted by Gasteiger charge is 2.10. The first-order valence-electron chi connectivity index (χ1n) is 5.73. The summed E-state index contributed by atoms with van der Waals surface area (Å²) < 4.78 is 4.68. The van der Waals surface area contributed by atoms with Crippen molar-refractivity contribution < 1.29 is 9.53 Å². The number of benzene rings is 1. The molecule has 1 heterocycles. The largest absolute Gasteiger partial charge is 0.465 e. The number of nitrogens with one attached hydrogen (secondary N) is 1. The first-order chi connectivity index (χ1) is 9.10. The Bertz CT molecular complexity index is 595. The summed E-state index contributed by atoms with van der Waals surface area (Å²) in [6, 6.07) is 5.21. The summed E-state index contributed by atoms with van der Waals surface area (Å²) >= 11 is 1.64. The van der Waals surface area contributed by atoms with E-state index < -0.39 is 5.97 Å². The monoisotopic (exact) mass is 277 g/mol. The maximum absolute atomic E-state index is 11.5. The fraction of sp³-hybridized carbons (Fsp3) is 0.231. The minimum atomic E-state index is -0.435. The maximum Gasteiger partial charge on any atom is 0.340 e. The molecule has 0 unspecified atom stereocenters. The van der Waals surface area contributed by atoms with Crippen molar-refractivity contribution in [3.63, 3.8) is 0 Å². The van der Waals surface area contributed by atoms with Crippen LogP contribution in [-0.2, 0) is 11.3 Å². The van der Waals surface area contributed by atoms with Crippen molar-refractivity contribution in [2.75, 3.05) is 18.2 Å². The predicted molar refractivity (Wildman–Crippen MR) is 76.4 cm³/mol. The predicted octanol–water partition coefficient (Wildman–Crippen LogP) is 2.43. The van der Waals surface area contributed by atoms with Crippen LogP contribution in [0.3, 0.4) is 0 Å².